The van der Waals surface area contributed by atoms with E-state index in [1.807, 2.05) is 70.7 Å². The average molecular weight is 1180 g/mol. The fraction of sp³-hybridized carbons (Fsp3) is 0.426. The Morgan fingerprint density at radius 3 is 1.87 bits per heavy atom. The van der Waals surface area contributed by atoms with Crippen molar-refractivity contribution in [2.45, 2.75) is 40.5 Å². The fourth-order valence-electron chi connectivity index (χ4n) is 6.80. The van der Waals surface area contributed by atoms with E-state index in [0.29, 0.717) is 50.8 Å². The lowest BCUT2D eigenvalue weighted by atomic mass is 10.1. The SMILES string of the molecule is C.C.C=CC(=O)N(CCCN(C)C)c1ccc(OC)c(Cc2ncc(Cl)c(Nc3ccccc3P(C)(C)=O)n2)c1.CN(C)CCCN.COc1ccc(Br)cc1[N+](=O)[O-].COc1ccc(NCCCN(C)C)cc1[N+](=O)[O-]. The number of carbonyl (C=O) groups excluding carboxylic acids is 1. The number of para-hydroxylation sites is 1. The summed E-state index contributed by atoms with van der Waals surface area (Å²) >= 11 is 9.56. The summed E-state index contributed by atoms with van der Waals surface area (Å²) in [5.74, 6) is 1.96. The first-order valence-corrected chi connectivity index (χ1v) is 27.5. The molecule has 0 aliphatic carbocycles. The number of nitrogens with one attached hydrogen (secondary N) is 2. The molecule has 0 saturated heterocycles. The minimum Gasteiger partial charge on any atom is -0.496 e. The highest BCUT2D eigenvalue weighted by atomic mass is 79.9. The summed E-state index contributed by atoms with van der Waals surface area (Å²) in [4.78, 5) is 50.1. The van der Waals surface area contributed by atoms with Crippen LogP contribution in [0.3, 0.4) is 0 Å². The number of hydrogen-bond donors (Lipinski definition) is 3. The van der Waals surface area contributed by atoms with Crippen molar-refractivity contribution in [1.29, 1.82) is 0 Å². The molecule has 0 bridgehead atoms. The molecule has 0 spiro atoms. The van der Waals surface area contributed by atoms with Crippen LogP contribution in [-0.2, 0) is 15.8 Å². The van der Waals surface area contributed by atoms with Gasteiger partial charge in [-0.2, -0.15) is 0 Å². The second-order valence-electron chi connectivity index (χ2n) is 17.7. The van der Waals surface area contributed by atoms with E-state index in [9.17, 15) is 29.6 Å². The molecule has 0 atom stereocenters. The predicted octanol–water partition coefficient (Wildman–Crippen LogP) is 10.7. The number of nitro benzene ring substituents is 2. The quantitative estimate of drug-likeness (QED) is 0.0171. The van der Waals surface area contributed by atoms with Crippen molar-refractivity contribution in [2.75, 3.05) is 132 Å². The molecule has 23 heteroatoms. The van der Waals surface area contributed by atoms with E-state index in [1.54, 1.807) is 49.6 Å². The molecule has 0 radical (unpaired) electrons. The average Bonchev–Trinajstić information content (AvgIpc) is 3.36. The van der Waals surface area contributed by atoms with Crippen LogP contribution in [0.1, 0.15) is 45.5 Å². The molecule has 20 nitrogen and oxygen atoms in total. The lowest BCUT2D eigenvalue weighted by Gasteiger charge is -2.23. The van der Waals surface area contributed by atoms with E-state index in [-0.39, 0.29) is 43.6 Å². The second kappa shape index (κ2) is 36.8. The summed E-state index contributed by atoms with van der Waals surface area (Å²) in [7, 11) is 14.0. The third-order valence-electron chi connectivity index (χ3n) is 10.5. The number of aromatic nitrogens is 2. The molecule has 426 valence electrons. The van der Waals surface area contributed by atoms with E-state index in [2.05, 4.69) is 71.9 Å². The van der Waals surface area contributed by atoms with Crippen molar-refractivity contribution < 1.29 is 33.4 Å². The number of nitrogens with zero attached hydrogens (tertiary/aromatic N) is 8. The Bertz CT molecular complexity index is 2660. The standard InChI is InChI=1S/C28H35ClN5O3P.C12H19N3O3.C7H6BrNO3.C5H14N2.2CH4/c1-7-27(35)34(16-10-15-33(2)3)21-13-14-24(37-4)20(17-21)18-26-30-19-22(29)28(32-26)31-23-11-8-9-12-25(23)38(5,6)36;1-14(2)8-4-7-13-10-5-6-12(18-3)11(9-10)15(16)17;1-12-7-3-2-5(8)4-6(7)9(10)11;1-7(2)5-3-4-6;;/h7-9,11-14,17,19H,1,10,15-16,18H2,2-6H3,(H,30,31,32);5-6,9,13H,4,7-8H2,1-3H3;2-4H,1H3;3-6H2,1-2H3;2*1H4. The van der Waals surface area contributed by atoms with Crippen LogP contribution in [0.2, 0.25) is 5.02 Å². The summed E-state index contributed by atoms with van der Waals surface area (Å²) in [6, 6.07) is 22.5. The Labute approximate surface area is 470 Å². The Balaban J connectivity index is 0.00000122. The molecule has 1 amide bonds. The van der Waals surface area contributed by atoms with Gasteiger partial charge in [-0.05, 0) is 162 Å². The van der Waals surface area contributed by atoms with Gasteiger partial charge in [-0.25, -0.2) is 9.97 Å². The molecule has 1 aromatic heterocycles. The van der Waals surface area contributed by atoms with Crippen LogP contribution in [0.4, 0.5) is 34.3 Å². The monoisotopic (exact) mass is 1170 g/mol. The maximum atomic E-state index is 12.8. The molecule has 1 heterocycles. The Kier molecular flexibility index (Phi) is 33.8. The molecule has 0 saturated carbocycles. The number of benzene rings is 4. The zero-order chi connectivity index (χ0) is 56.3. The predicted molar refractivity (Wildman–Crippen MR) is 322 cm³/mol. The molecule has 0 fully saturated rings. The molecule has 0 aliphatic rings. The third-order valence-corrected chi connectivity index (χ3v) is 12.8. The molecule has 5 rings (SSSR count). The largest absolute Gasteiger partial charge is 0.496 e. The van der Waals surface area contributed by atoms with Crippen molar-refractivity contribution in [2.24, 2.45) is 5.73 Å². The van der Waals surface area contributed by atoms with Gasteiger partial charge in [0.1, 0.15) is 23.7 Å². The first-order valence-electron chi connectivity index (χ1n) is 23.7. The zero-order valence-corrected chi connectivity index (χ0v) is 48.2. The molecule has 4 aromatic carbocycles. The van der Waals surface area contributed by atoms with Crippen LogP contribution in [0.25, 0.3) is 0 Å². The number of ether oxygens (including phenoxy) is 3. The van der Waals surface area contributed by atoms with Crippen LogP contribution >= 0.6 is 34.7 Å². The lowest BCUT2D eigenvalue weighted by molar-refractivity contribution is -0.385. The number of carbonyl (C=O) groups is 1. The molecule has 4 N–H and O–H groups in total. The van der Waals surface area contributed by atoms with E-state index < -0.39 is 17.0 Å². The van der Waals surface area contributed by atoms with Gasteiger partial charge in [0, 0.05) is 58.4 Å². The van der Waals surface area contributed by atoms with Gasteiger partial charge in [-0.3, -0.25) is 25.0 Å². The summed E-state index contributed by atoms with van der Waals surface area (Å²) in [6.07, 6.45) is 6.10. The minimum atomic E-state index is -2.53. The summed E-state index contributed by atoms with van der Waals surface area (Å²) in [6.45, 7) is 12.2. The maximum Gasteiger partial charge on any atom is 0.312 e. The van der Waals surface area contributed by atoms with Crippen LogP contribution < -0.4 is 40.8 Å². The smallest absolute Gasteiger partial charge is 0.312 e. The highest BCUT2D eigenvalue weighted by Crippen LogP contribution is 2.39. The van der Waals surface area contributed by atoms with E-state index in [1.165, 1.54) is 38.6 Å². The summed E-state index contributed by atoms with van der Waals surface area (Å²) in [5.41, 5.74) is 8.18. The topological polar surface area (TPSA) is 237 Å². The molecule has 0 unspecified atom stereocenters. The van der Waals surface area contributed by atoms with Gasteiger partial charge >= 0.3 is 11.4 Å². The van der Waals surface area contributed by atoms with Gasteiger partial charge in [0.25, 0.3) is 0 Å². The van der Waals surface area contributed by atoms with E-state index in [0.717, 1.165) is 68.9 Å². The number of amides is 1. The van der Waals surface area contributed by atoms with Crippen molar-refractivity contribution in [3.8, 4) is 17.2 Å². The summed E-state index contributed by atoms with van der Waals surface area (Å²) < 4.78 is 28.8. The first kappa shape index (κ1) is 70.8. The zero-order valence-electron chi connectivity index (χ0n) is 45.0. The fourth-order valence-corrected chi connectivity index (χ4v) is 8.44. The van der Waals surface area contributed by atoms with Crippen LogP contribution in [0, 0.1) is 20.2 Å². The van der Waals surface area contributed by atoms with Crippen LogP contribution in [0.5, 0.6) is 17.2 Å². The number of methoxy groups -OCH3 is 3. The van der Waals surface area contributed by atoms with Gasteiger partial charge in [0.05, 0.1) is 43.1 Å². The van der Waals surface area contributed by atoms with Crippen molar-refractivity contribution in [1.82, 2.24) is 24.7 Å². The van der Waals surface area contributed by atoms with Gasteiger partial charge in [0.15, 0.2) is 17.3 Å². The number of hydrogen-bond acceptors (Lipinski definition) is 17. The summed E-state index contributed by atoms with van der Waals surface area (Å²) in [5, 5.41) is 28.7. The van der Waals surface area contributed by atoms with Crippen molar-refractivity contribution >= 4 is 80.1 Å². The Morgan fingerprint density at radius 2 is 1.34 bits per heavy atom. The highest BCUT2D eigenvalue weighted by Gasteiger charge is 2.20. The minimum absolute atomic E-state index is 0. The van der Waals surface area contributed by atoms with Gasteiger partial charge in [-0.1, -0.05) is 61.1 Å². The number of halogens is 2. The van der Waals surface area contributed by atoms with E-state index >= 15 is 0 Å². The Morgan fingerprint density at radius 1 is 0.792 bits per heavy atom. The number of anilines is 4. The number of rotatable bonds is 24. The molecular weight excluding hydrogens is 1090 g/mol. The van der Waals surface area contributed by atoms with E-state index in [4.69, 9.17) is 31.5 Å². The molecule has 0 aliphatic heterocycles. The van der Waals surface area contributed by atoms with Gasteiger partial charge < -0.3 is 54.7 Å². The third kappa shape index (κ3) is 25.7. The molecular formula is C54H82BrClN11O9P. The van der Waals surface area contributed by atoms with Crippen molar-refractivity contribution in [3.05, 3.63) is 139 Å². The van der Waals surface area contributed by atoms with Crippen molar-refractivity contribution in [3.63, 3.8) is 0 Å². The highest BCUT2D eigenvalue weighted by molar-refractivity contribution is 9.10. The van der Waals surface area contributed by atoms with Crippen LogP contribution in [-0.4, -0.2) is 157 Å². The second-order valence-corrected chi connectivity index (χ2v) is 22.3. The number of nitro groups is 2. The lowest BCUT2D eigenvalue weighted by Crippen LogP contribution is -2.32. The van der Waals surface area contributed by atoms with Gasteiger partial charge in [0.2, 0.25) is 5.91 Å². The number of nitrogens with two attached hydrogens (primary N) is 1. The normalized spacial score (nSPS) is 10.5. The first-order chi connectivity index (χ1) is 35.5. The molecule has 5 aromatic rings. The molecule has 77 heavy (non-hydrogen) atoms. The van der Waals surface area contributed by atoms with Gasteiger partial charge in [-0.15, -0.1) is 0 Å². The maximum absolute atomic E-state index is 12.8. The van der Waals surface area contributed by atoms with Crippen LogP contribution in [0.15, 0.2) is 102 Å². The Hall–Kier alpha value is -6.19.